The highest BCUT2D eigenvalue weighted by Crippen LogP contribution is 2.18. The maximum absolute atomic E-state index is 6.09. The quantitative estimate of drug-likeness (QED) is 0.931. The Morgan fingerprint density at radius 3 is 2.28 bits per heavy atom. The molecule has 0 bridgehead atoms. The van der Waals surface area contributed by atoms with Crippen LogP contribution >= 0.6 is 15.9 Å². The molecule has 0 amide bonds. The lowest BCUT2D eigenvalue weighted by atomic mass is 10.1. The highest BCUT2D eigenvalue weighted by Gasteiger charge is 2.06. The topological polar surface area (TPSA) is 35.2 Å². The molecule has 94 valence electrons. The van der Waals surface area contributed by atoms with Crippen LogP contribution in [0, 0.1) is 6.92 Å². The minimum Gasteiger partial charge on any atom is -0.492 e. The summed E-state index contributed by atoms with van der Waals surface area (Å²) in [6.45, 7) is 2.54. The molecule has 0 saturated carbocycles. The van der Waals surface area contributed by atoms with E-state index in [4.69, 9.17) is 10.5 Å². The lowest BCUT2D eigenvalue weighted by Crippen LogP contribution is -2.18. The first-order valence-corrected chi connectivity index (χ1v) is 6.65. The molecular formula is C15H16BrNO. The van der Waals surface area contributed by atoms with Gasteiger partial charge in [-0.2, -0.15) is 0 Å². The Kier molecular flexibility index (Phi) is 4.39. The SMILES string of the molecule is Cc1ccc(C(N)COc2ccc(Br)cc2)cc1. The number of hydrogen-bond donors (Lipinski definition) is 1. The van der Waals surface area contributed by atoms with Crippen LogP contribution in [-0.4, -0.2) is 6.61 Å². The van der Waals surface area contributed by atoms with E-state index in [2.05, 4.69) is 35.0 Å². The first-order valence-electron chi connectivity index (χ1n) is 5.85. The van der Waals surface area contributed by atoms with Crippen molar-refractivity contribution in [3.63, 3.8) is 0 Å². The Balaban J connectivity index is 1.93. The van der Waals surface area contributed by atoms with Crippen molar-refractivity contribution in [3.8, 4) is 5.75 Å². The summed E-state index contributed by atoms with van der Waals surface area (Å²) in [5.74, 6) is 0.834. The van der Waals surface area contributed by atoms with Crippen LogP contribution in [-0.2, 0) is 0 Å². The number of ether oxygens (including phenoxy) is 1. The van der Waals surface area contributed by atoms with E-state index in [0.717, 1.165) is 15.8 Å². The van der Waals surface area contributed by atoms with Crippen molar-refractivity contribution >= 4 is 15.9 Å². The second kappa shape index (κ2) is 6.03. The molecule has 0 aliphatic carbocycles. The number of rotatable bonds is 4. The summed E-state index contributed by atoms with van der Waals surface area (Å²) in [4.78, 5) is 0. The van der Waals surface area contributed by atoms with Crippen molar-refractivity contribution in [1.29, 1.82) is 0 Å². The molecule has 0 radical (unpaired) electrons. The molecule has 0 aromatic heterocycles. The van der Waals surface area contributed by atoms with Crippen molar-refractivity contribution in [2.75, 3.05) is 6.61 Å². The van der Waals surface area contributed by atoms with E-state index in [0.29, 0.717) is 6.61 Å². The van der Waals surface area contributed by atoms with Crippen LogP contribution in [0.4, 0.5) is 0 Å². The minimum absolute atomic E-state index is 0.103. The Hall–Kier alpha value is -1.32. The highest BCUT2D eigenvalue weighted by molar-refractivity contribution is 9.10. The fourth-order valence-corrected chi connectivity index (χ4v) is 1.89. The molecule has 0 aliphatic heterocycles. The monoisotopic (exact) mass is 305 g/mol. The second-order valence-corrected chi connectivity index (χ2v) is 5.20. The van der Waals surface area contributed by atoms with Gasteiger partial charge in [0.2, 0.25) is 0 Å². The zero-order valence-corrected chi connectivity index (χ0v) is 11.9. The summed E-state index contributed by atoms with van der Waals surface area (Å²) >= 11 is 3.39. The van der Waals surface area contributed by atoms with Gasteiger partial charge in [0.05, 0.1) is 6.04 Å². The van der Waals surface area contributed by atoms with Gasteiger partial charge in [-0.25, -0.2) is 0 Å². The molecule has 0 fully saturated rings. The Morgan fingerprint density at radius 1 is 1.06 bits per heavy atom. The number of benzene rings is 2. The minimum atomic E-state index is -0.103. The van der Waals surface area contributed by atoms with Crippen LogP contribution in [0.25, 0.3) is 0 Å². The van der Waals surface area contributed by atoms with E-state index in [1.165, 1.54) is 5.56 Å². The smallest absolute Gasteiger partial charge is 0.119 e. The molecule has 2 aromatic rings. The van der Waals surface area contributed by atoms with E-state index >= 15 is 0 Å². The Labute approximate surface area is 116 Å². The van der Waals surface area contributed by atoms with E-state index in [1.807, 2.05) is 36.4 Å². The summed E-state index contributed by atoms with van der Waals surface area (Å²) in [6, 6.07) is 15.9. The van der Waals surface area contributed by atoms with Gasteiger partial charge in [0, 0.05) is 4.47 Å². The van der Waals surface area contributed by atoms with Gasteiger partial charge < -0.3 is 10.5 Å². The Morgan fingerprint density at radius 2 is 1.67 bits per heavy atom. The van der Waals surface area contributed by atoms with Crippen molar-refractivity contribution in [1.82, 2.24) is 0 Å². The average Bonchev–Trinajstić information content (AvgIpc) is 2.38. The molecular weight excluding hydrogens is 290 g/mol. The fourth-order valence-electron chi connectivity index (χ4n) is 1.63. The fraction of sp³-hybridized carbons (Fsp3) is 0.200. The van der Waals surface area contributed by atoms with Gasteiger partial charge in [-0.15, -0.1) is 0 Å². The molecule has 0 aliphatic rings. The van der Waals surface area contributed by atoms with Crippen molar-refractivity contribution in [2.45, 2.75) is 13.0 Å². The predicted octanol–water partition coefficient (Wildman–Crippen LogP) is 3.84. The number of aryl methyl sites for hydroxylation is 1. The van der Waals surface area contributed by atoms with E-state index in [-0.39, 0.29) is 6.04 Å². The van der Waals surface area contributed by atoms with Crippen molar-refractivity contribution in [3.05, 3.63) is 64.1 Å². The van der Waals surface area contributed by atoms with Gasteiger partial charge in [0.15, 0.2) is 0 Å². The third kappa shape index (κ3) is 3.59. The zero-order valence-electron chi connectivity index (χ0n) is 10.3. The lowest BCUT2D eigenvalue weighted by molar-refractivity contribution is 0.290. The van der Waals surface area contributed by atoms with Crippen molar-refractivity contribution < 1.29 is 4.74 Å². The van der Waals surface area contributed by atoms with E-state index < -0.39 is 0 Å². The molecule has 0 spiro atoms. The molecule has 18 heavy (non-hydrogen) atoms. The maximum Gasteiger partial charge on any atom is 0.119 e. The second-order valence-electron chi connectivity index (χ2n) is 4.28. The number of nitrogens with two attached hydrogens (primary N) is 1. The highest BCUT2D eigenvalue weighted by atomic mass is 79.9. The van der Waals surface area contributed by atoms with Crippen molar-refractivity contribution in [2.24, 2.45) is 5.73 Å². The zero-order chi connectivity index (χ0) is 13.0. The standard InChI is InChI=1S/C15H16BrNO/c1-11-2-4-12(5-3-11)15(17)10-18-14-8-6-13(16)7-9-14/h2-9,15H,10,17H2,1H3. The van der Waals surface area contributed by atoms with Gasteiger partial charge in [-0.05, 0) is 36.8 Å². The number of halogens is 1. The molecule has 2 nitrogen and oxygen atoms in total. The average molecular weight is 306 g/mol. The first-order chi connectivity index (χ1) is 8.65. The van der Waals surface area contributed by atoms with Crippen LogP contribution in [0.1, 0.15) is 17.2 Å². The maximum atomic E-state index is 6.09. The molecule has 0 saturated heterocycles. The van der Waals surface area contributed by atoms with Gasteiger partial charge in [0.25, 0.3) is 0 Å². The van der Waals surface area contributed by atoms with Crippen LogP contribution in [0.2, 0.25) is 0 Å². The van der Waals surface area contributed by atoms with Crippen LogP contribution in [0.5, 0.6) is 5.75 Å². The first kappa shape index (κ1) is 13.1. The summed E-state index contributed by atoms with van der Waals surface area (Å²) in [5.41, 5.74) is 8.42. The third-order valence-corrected chi connectivity index (χ3v) is 3.28. The van der Waals surface area contributed by atoms with Crippen LogP contribution in [0.3, 0.4) is 0 Å². The predicted molar refractivity (Wildman–Crippen MR) is 77.7 cm³/mol. The van der Waals surface area contributed by atoms with Gasteiger partial charge in [-0.3, -0.25) is 0 Å². The third-order valence-electron chi connectivity index (χ3n) is 2.75. The van der Waals surface area contributed by atoms with E-state index in [9.17, 15) is 0 Å². The summed E-state index contributed by atoms with van der Waals surface area (Å²) in [5, 5.41) is 0. The van der Waals surface area contributed by atoms with E-state index in [1.54, 1.807) is 0 Å². The summed E-state index contributed by atoms with van der Waals surface area (Å²) in [6.07, 6.45) is 0. The van der Waals surface area contributed by atoms with Crippen LogP contribution < -0.4 is 10.5 Å². The largest absolute Gasteiger partial charge is 0.492 e. The molecule has 0 heterocycles. The normalized spacial score (nSPS) is 12.2. The molecule has 1 atom stereocenters. The van der Waals surface area contributed by atoms with Gasteiger partial charge >= 0.3 is 0 Å². The van der Waals surface area contributed by atoms with Crippen LogP contribution in [0.15, 0.2) is 53.0 Å². The lowest BCUT2D eigenvalue weighted by Gasteiger charge is -2.13. The Bertz CT molecular complexity index is 493. The molecule has 2 N–H and O–H groups in total. The summed E-state index contributed by atoms with van der Waals surface area (Å²) in [7, 11) is 0. The number of hydrogen-bond acceptors (Lipinski definition) is 2. The molecule has 3 heteroatoms. The molecule has 2 aromatic carbocycles. The van der Waals surface area contributed by atoms with Gasteiger partial charge in [0.1, 0.15) is 12.4 Å². The molecule has 2 rings (SSSR count). The van der Waals surface area contributed by atoms with Gasteiger partial charge in [-0.1, -0.05) is 45.8 Å². The summed E-state index contributed by atoms with van der Waals surface area (Å²) < 4.78 is 6.70. The molecule has 1 unspecified atom stereocenters.